The second-order valence-electron chi connectivity index (χ2n) is 6.02. The number of rotatable bonds is 1. The summed E-state index contributed by atoms with van der Waals surface area (Å²) in [5.74, 6) is 0.732. The van der Waals surface area contributed by atoms with Crippen LogP contribution in [0, 0.1) is 6.92 Å². The third kappa shape index (κ3) is 2.25. The molecule has 2 N–H and O–H groups in total. The fraction of sp³-hybridized carbons (Fsp3) is 0.150. The summed E-state index contributed by atoms with van der Waals surface area (Å²) in [4.78, 5) is 12.7. The van der Waals surface area contributed by atoms with Gasteiger partial charge in [0.15, 0.2) is 5.43 Å². The molecule has 1 aromatic heterocycles. The normalized spacial score (nSPS) is 15.3. The van der Waals surface area contributed by atoms with Crippen molar-refractivity contribution >= 4 is 28.3 Å². The maximum Gasteiger partial charge on any atom is 0.196 e. The van der Waals surface area contributed by atoms with Gasteiger partial charge in [0.1, 0.15) is 11.3 Å². The predicted molar refractivity (Wildman–Crippen MR) is 94.3 cm³/mol. The van der Waals surface area contributed by atoms with Crippen LogP contribution in [0.1, 0.15) is 28.9 Å². The van der Waals surface area contributed by atoms with Crippen LogP contribution in [-0.4, -0.2) is 0 Å². The van der Waals surface area contributed by atoms with Crippen molar-refractivity contribution < 1.29 is 4.42 Å². The first-order chi connectivity index (χ1) is 11.1. The van der Waals surface area contributed by atoms with Crippen molar-refractivity contribution in [2.75, 3.05) is 5.73 Å². The lowest BCUT2D eigenvalue weighted by molar-refractivity contribution is 0.585. The Labute approximate surface area is 134 Å². The highest BCUT2D eigenvalue weighted by atomic mass is 16.3. The van der Waals surface area contributed by atoms with E-state index < -0.39 is 0 Å². The lowest BCUT2D eigenvalue weighted by Gasteiger charge is -2.05. The van der Waals surface area contributed by atoms with E-state index >= 15 is 0 Å². The molecule has 1 aliphatic rings. The average Bonchev–Trinajstić information content (AvgIpc) is 2.94. The summed E-state index contributed by atoms with van der Waals surface area (Å²) >= 11 is 0. The summed E-state index contributed by atoms with van der Waals surface area (Å²) in [7, 11) is 0. The minimum Gasteiger partial charge on any atom is -0.456 e. The van der Waals surface area contributed by atoms with Gasteiger partial charge in [-0.25, -0.2) is 0 Å². The van der Waals surface area contributed by atoms with Crippen molar-refractivity contribution in [3.63, 3.8) is 0 Å². The first kappa shape index (κ1) is 13.8. The number of fused-ring (bicyclic) bond motifs is 2. The molecule has 3 aromatic rings. The largest absolute Gasteiger partial charge is 0.456 e. The molecule has 0 aliphatic heterocycles. The molecule has 23 heavy (non-hydrogen) atoms. The molecule has 0 spiro atoms. The molecule has 0 bridgehead atoms. The van der Waals surface area contributed by atoms with Gasteiger partial charge in [0, 0.05) is 11.3 Å². The molecule has 3 heteroatoms. The molecule has 1 heterocycles. The highest BCUT2D eigenvalue weighted by Crippen LogP contribution is 2.34. The van der Waals surface area contributed by atoms with Gasteiger partial charge in [-0.2, -0.15) is 0 Å². The lowest BCUT2D eigenvalue weighted by atomic mass is 10.0. The van der Waals surface area contributed by atoms with Crippen molar-refractivity contribution in [3.05, 3.63) is 75.1 Å². The van der Waals surface area contributed by atoms with Crippen LogP contribution in [-0.2, 0) is 6.42 Å². The van der Waals surface area contributed by atoms with Crippen LogP contribution in [0.25, 0.3) is 22.6 Å². The van der Waals surface area contributed by atoms with Gasteiger partial charge in [-0.3, -0.25) is 4.79 Å². The average molecular weight is 303 g/mol. The SMILES string of the molecule is Cc1ccccc1C=C1CCc2c1oc1ccc(N)cc1c2=O. The first-order valence-corrected chi connectivity index (χ1v) is 7.75. The van der Waals surface area contributed by atoms with Crippen molar-refractivity contribution in [2.24, 2.45) is 0 Å². The van der Waals surface area contributed by atoms with Crippen LogP contribution >= 0.6 is 0 Å². The van der Waals surface area contributed by atoms with Crippen molar-refractivity contribution in [1.82, 2.24) is 0 Å². The summed E-state index contributed by atoms with van der Waals surface area (Å²) in [6, 6.07) is 13.5. The Kier molecular flexibility index (Phi) is 3.08. The molecule has 4 rings (SSSR count). The number of allylic oxidation sites excluding steroid dienone is 1. The van der Waals surface area contributed by atoms with Crippen LogP contribution < -0.4 is 11.2 Å². The summed E-state index contributed by atoms with van der Waals surface area (Å²) in [5, 5.41) is 0.570. The molecule has 114 valence electrons. The molecule has 0 fully saturated rings. The second-order valence-corrected chi connectivity index (χ2v) is 6.02. The van der Waals surface area contributed by atoms with Crippen LogP contribution in [0.15, 0.2) is 51.7 Å². The number of anilines is 1. The maximum atomic E-state index is 12.7. The molecular weight excluding hydrogens is 286 g/mol. The summed E-state index contributed by atoms with van der Waals surface area (Å²) in [6.07, 6.45) is 3.68. The molecule has 0 unspecified atom stereocenters. The van der Waals surface area contributed by atoms with Gasteiger partial charge < -0.3 is 10.2 Å². The number of benzene rings is 2. The zero-order valence-electron chi connectivity index (χ0n) is 12.9. The highest BCUT2D eigenvalue weighted by molar-refractivity contribution is 5.88. The van der Waals surface area contributed by atoms with E-state index in [1.165, 1.54) is 5.56 Å². The smallest absolute Gasteiger partial charge is 0.196 e. The van der Waals surface area contributed by atoms with Crippen LogP contribution in [0.2, 0.25) is 0 Å². The van der Waals surface area contributed by atoms with Crippen molar-refractivity contribution in [2.45, 2.75) is 19.8 Å². The van der Waals surface area contributed by atoms with E-state index in [0.29, 0.717) is 16.7 Å². The van der Waals surface area contributed by atoms with E-state index in [1.807, 2.05) is 12.1 Å². The van der Waals surface area contributed by atoms with Crippen LogP contribution in [0.4, 0.5) is 5.69 Å². The zero-order chi connectivity index (χ0) is 16.0. The van der Waals surface area contributed by atoms with Gasteiger partial charge in [0.2, 0.25) is 0 Å². The molecule has 0 amide bonds. The van der Waals surface area contributed by atoms with E-state index in [9.17, 15) is 4.79 Å². The maximum absolute atomic E-state index is 12.7. The van der Waals surface area contributed by atoms with E-state index in [-0.39, 0.29) is 5.43 Å². The molecule has 0 saturated carbocycles. The summed E-state index contributed by atoms with van der Waals surface area (Å²) in [5.41, 5.74) is 11.2. The number of nitrogen functional groups attached to an aromatic ring is 1. The third-order valence-electron chi connectivity index (χ3n) is 4.46. The predicted octanol–water partition coefficient (Wildman–Crippen LogP) is 4.17. The highest BCUT2D eigenvalue weighted by Gasteiger charge is 2.24. The van der Waals surface area contributed by atoms with E-state index in [4.69, 9.17) is 10.2 Å². The van der Waals surface area contributed by atoms with Gasteiger partial charge in [-0.1, -0.05) is 24.3 Å². The molecule has 2 aromatic carbocycles. The van der Waals surface area contributed by atoms with Crippen molar-refractivity contribution in [1.29, 1.82) is 0 Å². The Bertz CT molecular complexity index is 1010. The number of hydrogen-bond acceptors (Lipinski definition) is 3. The zero-order valence-corrected chi connectivity index (χ0v) is 12.9. The van der Waals surface area contributed by atoms with Gasteiger partial charge in [-0.05, 0) is 60.7 Å². The Hall–Kier alpha value is -2.81. The van der Waals surface area contributed by atoms with E-state index in [1.54, 1.807) is 18.2 Å². The Balaban J connectivity index is 1.93. The third-order valence-corrected chi connectivity index (χ3v) is 4.46. The second kappa shape index (κ2) is 5.13. The quantitative estimate of drug-likeness (QED) is 0.686. The number of aryl methyl sites for hydroxylation is 1. The Morgan fingerprint density at radius 2 is 1.96 bits per heavy atom. The molecule has 0 radical (unpaired) electrons. The van der Waals surface area contributed by atoms with Crippen LogP contribution in [0.3, 0.4) is 0 Å². The van der Waals surface area contributed by atoms with Crippen LogP contribution in [0.5, 0.6) is 0 Å². The standard InChI is InChI=1S/C20H17NO2/c1-12-4-2-3-5-13(12)10-14-6-8-16-19(22)17-11-15(21)7-9-18(17)23-20(14)16/h2-5,7,9-11H,6,8,21H2,1H3. The van der Waals surface area contributed by atoms with Gasteiger partial charge in [0.25, 0.3) is 0 Å². The Morgan fingerprint density at radius 3 is 2.78 bits per heavy atom. The van der Waals surface area contributed by atoms with Gasteiger partial charge in [0.05, 0.1) is 5.39 Å². The van der Waals surface area contributed by atoms with Crippen molar-refractivity contribution in [3.8, 4) is 0 Å². The summed E-state index contributed by atoms with van der Waals surface area (Å²) < 4.78 is 6.04. The number of nitrogens with two attached hydrogens (primary N) is 1. The molecule has 3 nitrogen and oxygen atoms in total. The van der Waals surface area contributed by atoms with E-state index in [0.717, 1.165) is 35.3 Å². The summed E-state index contributed by atoms with van der Waals surface area (Å²) in [6.45, 7) is 2.08. The van der Waals surface area contributed by atoms with Gasteiger partial charge >= 0.3 is 0 Å². The topological polar surface area (TPSA) is 56.2 Å². The fourth-order valence-corrected chi connectivity index (χ4v) is 3.19. The lowest BCUT2D eigenvalue weighted by Crippen LogP contribution is -2.08. The monoisotopic (exact) mass is 303 g/mol. The van der Waals surface area contributed by atoms with Gasteiger partial charge in [-0.15, -0.1) is 0 Å². The number of hydrogen-bond donors (Lipinski definition) is 1. The van der Waals surface area contributed by atoms with E-state index in [2.05, 4.69) is 25.1 Å². The first-order valence-electron chi connectivity index (χ1n) is 7.75. The Morgan fingerprint density at radius 1 is 1.13 bits per heavy atom. The minimum absolute atomic E-state index is 0.0433. The molecule has 1 aliphatic carbocycles. The molecule has 0 atom stereocenters. The molecule has 0 saturated heterocycles. The molecular formula is C20H17NO2. The fourth-order valence-electron chi connectivity index (χ4n) is 3.19. The minimum atomic E-state index is 0.0433.